The quantitative estimate of drug-likeness (QED) is 0.778. The van der Waals surface area contributed by atoms with Gasteiger partial charge >= 0.3 is 0 Å². The molecular formula is C13H13NO3. The SMILES string of the molecule is O=C1c2ccccc2C(=O)N1C1(CO)CCC1. The molecule has 4 heteroatoms. The van der Waals surface area contributed by atoms with Gasteiger partial charge in [0.15, 0.2) is 0 Å². The fourth-order valence-corrected chi connectivity index (χ4v) is 2.66. The first-order valence-corrected chi connectivity index (χ1v) is 5.78. The van der Waals surface area contributed by atoms with E-state index in [1.807, 2.05) is 0 Å². The predicted molar refractivity (Wildman–Crippen MR) is 60.6 cm³/mol. The summed E-state index contributed by atoms with van der Waals surface area (Å²) < 4.78 is 0. The molecule has 1 aliphatic carbocycles. The summed E-state index contributed by atoms with van der Waals surface area (Å²) >= 11 is 0. The average Bonchev–Trinajstić information content (AvgIpc) is 2.55. The lowest BCUT2D eigenvalue weighted by molar-refractivity contribution is -0.00643. The van der Waals surface area contributed by atoms with Gasteiger partial charge in [0, 0.05) is 0 Å². The number of carbonyl (C=O) groups excluding carboxylic acids is 2. The normalized spacial score (nSPS) is 21.4. The minimum absolute atomic E-state index is 0.140. The Kier molecular flexibility index (Phi) is 2.10. The Balaban J connectivity index is 2.06. The summed E-state index contributed by atoms with van der Waals surface area (Å²) in [4.78, 5) is 25.7. The zero-order valence-electron chi connectivity index (χ0n) is 9.35. The van der Waals surface area contributed by atoms with Gasteiger partial charge < -0.3 is 5.11 Å². The minimum Gasteiger partial charge on any atom is -0.394 e. The van der Waals surface area contributed by atoms with Gasteiger partial charge in [-0.1, -0.05) is 12.1 Å². The van der Waals surface area contributed by atoms with Crippen LogP contribution in [0.3, 0.4) is 0 Å². The van der Waals surface area contributed by atoms with Crippen molar-refractivity contribution in [3.05, 3.63) is 35.4 Å². The fourth-order valence-electron chi connectivity index (χ4n) is 2.66. The molecule has 88 valence electrons. The second kappa shape index (κ2) is 3.40. The highest BCUT2D eigenvalue weighted by Gasteiger charge is 2.51. The molecule has 0 atom stereocenters. The molecule has 0 bridgehead atoms. The van der Waals surface area contributed by atoms with Crippen molar-refractivity contribution in [2.75, 3.05) is 6.61 Å². The largest absolute Gasteiger partial charge is 0.394 e. The lowest BCUT2D eigenvalue weighted by Crippen LogP contribution is -2.58. The van der Waals surface area contributed by atoms with Crippen molar-refractivity contribution in [2.24, 2.45) is 0 Å². The van der Waals surface area contributed by atoms with Gasteiger partial charge in [0.2, 0.25) is 0 Å². The van der Waals surface area contributed by atoms with Crippen molar-refractivity contribution >= 4 is 11.8 Å². The summed E-state index contributed by atoms with van der Waals surface area (Å²) in [5.74, 6) is -0.529. The van der Waals surface area contributed by atoms with Crippen molar-refractivity contribution in [3.8, 4) is 0 Å². The fraction of sp³-hybridized carbons (Fsp3) is 0.385. The number of rotatable bonds is 2. The Morgan fingerprint density at radius 2 is 1.65 bits per heavy atom. The first kappa shape index (κ1) is 10.5. The number of amides is 2. The number of aliphatic hydroxyl groups excluding tert-OH is 1. The van der Waals surface area contributed by atoms with Crippen LogP contribution in [0.5, 0.6) is 0 Å². The van der Waals surface area contributed by atoms with Crippen molar-refractivity contribution < 1.29 is 14.7 Å². The second-order valence-corrected chi connectivity index (χ2v) is 4.73. The van der Waals surface area contributed by atoms with Crippen LogP contribution in [0.2, 0.25) is 0 Å². The van der Waals surface area contributed by atoms with E-state index in [-0.39, 0.29) is 18.4 Å². The van der Waals surface area contributed by atoms with Gasteiger partial charge in [0.05, 0.1) is 23.3 Å². The van der Waals surface area contributed by atoms with Crippen LogP contribution in [0.1, 0.15) is 40.0 Å². The highest BCUT2D eigenvalue weighted by molar-refractivity contribution is 6.21. The molecule has 1 aromatic rings. The Bertz CT molecular complexity index is 465. The number of hydrogen-bond acceptors (Lipinski definition) is 3. The molecule has 1 heterocycles. The molecule has 1 saturated carbocycles. The Morgan fingerprint density at radius 3 is 2.00 bits per heavy atom. The second-order valence-electron chi connectivity index (χ2n) is 4.73. The summed E-state index contributed by atoms with van der Waals surface area (Å²) in [5.41, 5.74) is 0.266. The molecule has 0 aromatic heterocycles. The molecule has 0 spiro atoms. The first-order valence-electron chi connectivity index (χ1n) is 5.78. The van der Waals surface area contributed by atoms with Gasteiger partial charge in [-0.05, 0) is 31.4 Å². The van der Waals surface area contributed by atoms with Gasteiger partial charge in [-0.15, -0.1) is 0 Å². The summed E-state index contributed by atoms with van der Waals surface area (Å²) in [6.45, 7) is -0.140. The molecule has 1 aliphatic heterocycles. The van der Waals surface area contributed by atoms with Crippen LogP contribution in [0.15, 0.2) is 24.3 Å². The van der Waals surface area contributed by atoms with Crippen molar-refractivity contribution in [1.82, 2.24) is 4.90 Å². The molecule has 2 amide bonds. The average molecular weight is 231 g/mol. The van der Waals surface area contributed by atoms with Crippen LogP contribution in [-0.2, 0) is 0 Å². The summed E-state index contributed by atoms with van der Waals surface area (Å²) in [6.07, 6.45) is 2.36. The van der Waals surface area contributed by atoms with Crippen LogP contribution in [0.25, 0.3) is 0 Å². The van der Waals surface area contributed by atoms with E-state index in [4.69, 9.17) is 0 Å². The minimum atomic E-state index is -0.646. The third kappa shape index (κ3) is 1.21. The summed E-state index contributed by atoms with van der Waals surface area (Å²) in [7, 11) is 0. The zero-order valence-corrected chi connectivity index (χ0v) is 9.35. The van der Waals surface area contributed by atoms with Crippen LogP contribution >= 0.6 is 0 Å². The van der Waals surface area contributed by atoms with Gasteiger partial charge in [-0.2, -0.15) is 0 Å². The third-order valence-corrected chi connectivity index (χ3v) is 3.85. The third-order valence-electron chi connectivity index (χ3n) is 3.85. The summed E-state index contributed by atoms with van der Waals surface area (Å²) in [6, 6.07) is 6.83. The maximum Gasteiger partial charge on any atom is 0.262 e. The lowest BCUT2D eigenvalue weighted by Gasteiger charge is -2.46. The van der Waals surface area contributed by atoms with E-state index >= 15 is 0 Å². The van der Waals surface area contributed by atoms with Crippen LogP contribution in [0, 0.1) is 0 Å². The maximum atomic E-state index is 12.2. The summed E-state index contributed by atoms with van der Waals surface area (Å²) in [5, 5.41) is 9.47. The van der Waals surface area contributed by atoms with E-state index in [1.165, 1.54) is 4.90 Å². The van der Waals surface area contributed by atoms with Crippen molar-refractivity contribution in [2.45, 2.75) is 24.8 Å². The molecule has 1 fully saturated rings. The van der Waals surface area contributed by atoms with Crippen molar-refractivity contribution in [1.29, 1.82) is 0 Å². The molecule has 17 heavy (non-hydrogen) atoms. The molecule has 4 nitrogen and oxygen atoms in total. The predicted octanol–water partition coefficient (Wildman–Crippen LogP) is 1.20. The number of hydrogen-bond donors (Lipinski definition) is 1. The van der Waals surface area contributed by atoms with E-state index in [0.717, 1.165) is 6.42 Å². The molecule has 2 aliphatic rings. The number of fused-ring (bicyclic) bond motifs is 1. The molecule has 1 aromatic carbocycles. The molecule has 3 rings (SSSR count). The van der Waals surface area contributed by atoms with Crippen LogP contribution < -0.4 is 0 Å². The van der Waals surface area contributed by atoms with Gasteiger partial charge in [-0.3, -0.25) is 14.5 Å². The van der Waals surface area contributed by atoms with Gasteiger partial charge in [-0.25, -0.2) is 0 Å². The molecule has 0 radical (unpaired) electrons. The Hall–Kier alpha value is -1.68. The van der Waals surface area contributed by atoms with Crippen LogP contribution in [-0.4, -0.2) is 34.0 Å². The van der Waals surface area contributed by atoms with Gasteiger partial charge in [0.1, 0.15) is 0 Å². The van der Waals surface area contributed by atoms with E-state index in [9.17, 15) is 14.7 Å². The molecular weight excluding hydrogens is 218 g/mol. The number of nitrogens with zero attached hydrogens (tertiary/aromatic N) is 1. The monoisotopic (exact) mass is 231 g/mol. The lowest BCUT2D eigenvalue weighted by atomic mass is 9.76. The first-order chi connectivity index (χ1) is 8.19. The Morgan fingerprint density at radius 1 is 1.12 bits per heavy atom. The highest BCUT2D eigenvalue weighted by Crippen LogP contribution is 2.41. The molecule has 0 saturated heterocycles. The highest BCUT2D eigenvalue weighted by atomic mass is 16.3. The molecule has 0 unspecified atom stereocenters. The van der Waals surface area contributed by atoms with E-state index in [0.29, 0.717) is 24.0 Å². The van der Waals surface area contributed by atoms with E-state index in [1.54, 1.807) is 24.3 Å². The molecule has 1 N–H and O–H groups in total. The van der Waals surface area contributed by atoms with Crippen molar-refractivity contribution in [3.63, 3.8) is 0 Å². The van der Waals surface area contributed by atoms with E-state index < -0.39 is 5.54 Å². The maximum absolute atomic E-state index is 12.2. The number of aliphatic hydroxyl groups is 1. The van der Waals surface area contributed by atoms with Crippen LogP contribution in [0.4, 0.5) is 0 Å². The number of imide groups is 1. The van der Waals surface area contributed by atoms with E-state index in [2.05, 4.69) is 0 Å². The smallest absolute Gasteiger partial charge is 0.262 e. The zero-order chi connectivity index (χ0) is 12.0. The number of benzene rings is 1. The Labute approximate surface area is 98.9 Å². The standard InChI is InChI=1S/C13H13NO3/c15-8-13(6-3-7-13)14-11(16)9-4-1-2-5-10(9)12(14)17/h1-2,4-5,15H,3,6-8H2. The van der Waals surface area contributed by atoms with Gasteiger partial charge in [0.25, 0.3) is 11.8 Å². The number of carbonyl (C=O) groups is 2. The topological polar surface area (TPSA) is 57.6 Å².